The van der Waals surface area contributed by atoms with Crippen LogP contribution in [-0.4, -0.2) is 43.2 Å². The summed E-state index contributed by atoms with van der Waals surface area (Å²) in [6, 6.07) is 6.03. The van der Waals surface area contributed by atoms with Crippen molar-refractivity contribution in [2.75, 3.05) is 6.61 Å². The monoisotopic (exact) mass is 302 g/mol. The largest absolute Gasteiger partial charge is 0.390 e. The molecule has 2 N–H and O–H groups in total. The molecule has 20 heavy (non-hydrogen) atoms. The van der Waals surface area contributed by atoms with Gasteiger partial charge in [0.25, 0.3) is 10.1 Å². The Hall–Kier alpha value is -1.28. The Bertz CT molecular complexity index is 549. The molecule has 0 saturated carbocycles. The molecule has 0 fully saturated rings. The molecule has 0 bridgehead atoms. The van der Waals surface area contributed by atoms with Crippen LogP contribution in [0.2, 0.25) is 0 Å². The van der Waals surface area contributed by atoms with E-state index in [-0.39, 0.29) is 17.1 Å². The summed E-state index contributed by atoms with van der Waals surface area (Å²) in [4.78, 5) is 10.8. The van der Waals surface area contributed by atoms with Crippen LogP contribution in [0.1, 0.15) is 18.9 Å². The number of aryl methyl sites for hydroxylation is 1. The molecule has 0 radical (unpaired) electrons. The highest BCUT2D eigenvalue weighted by Crippen LogP contribution is 2.14. The summed E-state index contributed by atoms with van der Waals surface area (Å²) in [6.45, 7) is 2.48. The molecule has 112 valence electrons. The first-order valence-electron chi connectivity index (χ1n) is 6.04. The van der Waals surface area contributed by atoms with E-state index in [9.17, 15) is 23.4 Å². The summed E-state index contributed by atoms with van der Waals surface area (Å²) in [5.41, 5.74) is 0.904. The third-order valence-electron chi connectivity index (χ3n) is 2.64. The van der Waals surface area contributed by atoms with Crippen molar-refractivity contribution in [1.29, 1.82) is 0 Å². The van der Waals surface area contributed by atoms with E-state index in [4.69, 9.17) is 0 Å². The zero-order valence-corrected chi connectivity index (χ0v) is 12.1. The van der Waals surface area contributed by atoms with Crippen molar-refractivity contribution in [1.82, 2.24) is 0 Å². The van der Waals surface area contributed by atoms with Gasteiger partial charge in [0.15, 0.2) is 0 Å². The van der Waals surface area contributed by atoms with Crippen LogP contribution in [0.5, 0.6) is 0 Å². The first-order valence-corrected chi connectivity index (χ1v) is 7.45. The van der Waals surface area contributed by atoms with Gasteiger partial charge in [-0.15, -0.1) is 0 Å². The zero-order valence-electron chi connectivity index (χ0n) is 11.3. The number of hydrogen-bond donors (Lipinski definition) is 2. The highest BCUT2D eigenvalue weighted by molar-refractivity contribution is 7.86. The van der Waals surface area contributed by atoms with Crippen molar-refractivity contribution >= 4 is 15.9 Å². The van der Waals surface area contributed by atoms with Gasteiger partial charge in [0.2, 0.25) is 0 Å². The van der Waals surface area contributed by atoms with E-state index < -0.39 is 28.9 Å². The maximum atomic E-state index is 11.8. The Balaban J connectivity index is 2.64. The number of aliphatic hydroxyl groups is 2. The van der Waals surface area contributed by atoms with Crippen molar-refractivity contribution in [3.63, 3.8) is 0 Å². The van der Waals surface area contributed by atoms with E-state index in [0.717, 1.165) is 5.56 Å². The lowest BCUT2D eigenvalue weighted by atomic mass is 10.1. The van der Waals surface area contributed by atoms with Crippen molar-refractivity contribution < 1.29 is 27.6 Å². The number of carbonyl (C=O) groups is 1. The van der Waals surface area contributed by atoms with Gasteiger partial charge >= 0.3 is 0 Å². The first kappa shape index (κ1) is 16.8. The van der Waals surface area contributed by atoms with Gasteiger partial charge in [-0.25, -0.2) is 0 Å². The second kappa shape index (κ2) is 6.94. The molecule has 0 aliphatic rings. The molecule has 1 aromatic carbocycles. The van der Waals surface area contributed by atoms with E-state index >= 15 is 0 Å². The molecule has 0 amide bonds. The molecule has 0 unspecified atom stereocenters. The summed E-state index contributed by atoms with van der Waals surface area (Å²) in [5.74, 6) is -0.307. The Labute approximate surface area is 118 Å². The first-order chi connectivity index (χ1) is 9.22. The SMILES string of the molecule is CC(=O)C[C@H](O)[C@H](O)COS(=O)(=O)c1ccc(C)cc1. The van der Waals surface area contributed by atoms with Crippen LogP contribution in [-0.2, 0) is 19.1 Å². The number of benzene rings is 1. The quantitative estimate of drug-likeness (QED) is 0.707. The van der Waals surface area contributed by atoms with Crippen LogP contribution >= 0.6 is 0 Å². The minimum atomic E-state index is -3.99. The fraction of sp³-hybridized carbons (Fsp3) is 0.462. The normalized spacial score (nSPS) is 14.8. The third kappa shape index (κ3) is 5.01. The maximum Gasteiger partial charge on any atom is 0.297 e. The van der Waals surface area contributed by atoms with Gasteiger partial charge in [0.05, 0.1) is 17.6 Å². The lowest BCUT2D eigenvalue weighted by Crippen LogP contribution is -2.33. The van der Waals surface area contributed by atoms with Gasteiger partial charge < -0.3 is 10.2 Å². The molecule has 0 saturated heterocycles. The van der Waals surface area contributed by atoms with Gasteiger partial charge in [-0.3, -0.25) is 8.98 Å². The molecule has 0 aliphatic heterocycles. The predicted octanol–water partition coefficient (Wildman–Crippen LogP) is 0.401. The maximum absolute atomic E-state index is 11.8. The van der Waals surface area contributed by atoms with Gasteiger partial charge in [-0.05, 0) is 26.0 Å². The molecule has 6 nitrogen and oxygen atoms in total. The number of hydrogen-bond acceptors (Lipinski definition) is 6. The van der Waals surface area contributed by atoms with Crippen LogP contribution in [0, 0.1) is 6.92 Å². The summed E-state index contributed by atoms with van der Waals surface area (Å²) < 4.78 is 28.3. The summed E-state index contributed by atoms with van der Waals surface area (Å²) in [7, 11) is -3.99. The third-order valence-corrected chi connectivity index (χ3v) is 3.94. The number of ketones is 1. The lowest BCUT2D eigenvalue weighted by molar-refractivity contribution is -0.121. The summed E-state index contributed by atoms with van der Waals surface area (Å²) in [6.07, 6.45) is -3.05. The van der Waals surface area contributed by atoms with E-state index in [1.165, 1.54) is 19.1 Å². The van der Waals surface area contributed by atoms with Gasteiger partial charge in [0.1, 0.15) is 11.9 Å². The van der Waals surface area contributed by atoms with Crippen LogP contribution in [0.4, 0.5) is 0 Å². The standard InChI is InChI=1S/C13H18O6S/c1-9-3-5-11(6-4-9)20(17,18)19-8-13(16)12(15)7-10(2)14/h3-6,12-13,15-16H,7-8H2,1-2H3/t12-,13+/m0/s1. The lowest BCUT2D eigenvalue weighted by Gasteiger charge is -2.16. The molecule has 2 atom stereocenters. The molecular formula is C13H18O6S. The Morgan fingerprint density at radius 2 is 1.75 bits per heavy atom. The molecule has 1 rings (SSSR count). The average Bonchev–Trinajstić information content (AvgIpc) is 2.35. The predicted molar refractivity (Wildman–Crippen MR) is 71.6 cm³/mol. The molecule has 0 aromatic heterocycles. The highest BCUT2D eigenvalue weighted by atomic mass is 32.2. The van der Waals surface area contributed by atoms with E-state index in [1.807, 2.05) is 6.92 Å². The average molecular weight is 302 g/mol. The Kier molecular flexibility index (Phi) is 5.82. The fourth-order valence-electron chi connectivity index (χ4n) is 1.47. The second-order valence-electron chi connectivity index (χ2n) is 4.59. The summed E-state index contributed by atoms with van der Waals surface area (Å²) in [5, 5.41) is 19.0. The van der Waals surface area contributed by atoms with Crippen molar-refractivity contribution in [2.24, 2.45) is 0 Å². The van der Waals surface area contributed by atoms with Gasteiger partial charge in [-0.1, -0.05) is 17.7 Å². The fourth-order valence-corrected chi connectivity index (χ4v) is 2.40. The minimum absolute atomic E-state index is 0.0312. The van der Waals surface area contributed by atoms with E-state index in [1.54, 1.807) is 12.1 Å². The molecule has 0 heterocycles. The molecule has 7 heteroatoms. The Morgan fingerprint density at radius 3 is 2.25 bits per heavy atom. The number of aliphatic hydroxyl groups excluding tert-OH is 2. The molecular weight excluding hydrogens is 284 g/mol. The van der Waals surface area contributed by atoms with E-state index in [2.05, 4.69) is 4.18 Å². The van der Waals surface area contributed by atoms with Crippen LogP contribution in [0.25, 0.3) is 0 Å². The second-order valence-corrected chi connectivity index (χ2v) is 6.21. The topological polar surface area (TPSA) is 101 Å². The van der Waals surface area contributed by atoms with Crippen LogP contribution in [0.3, 0.4) is 0 Å². The van der Waals surface area contributed by atoms with E-state index in [0.29, 0.717) is 0 Å². The van der Waals surface area contributed by atoms with Crippen LogP contribution in [0.15, 0.2) is 29.2 Å². The smallest absolute Gasteiger partial charge is 0.297 e. The summed E-state index contributed by atoms with van der Waals surface area (Å²) >= 11 is 0. The van der Waals surface area contributed by atoms with Gasteiger partial charge in [0, 0.05) is 6.42 Å². The van der Waals surface area contributed by atoms with Crippen molar-refractivity contribution in [2.45, 2.75) is 37.4 Å². The zero-order chi connectivity index (χ0) is 15.3. The van der Waals surface area contributed by atoms with Crippen LogP contribution < -0.4 is 0 Å². The highest BCUT2D eigenvalue weighted by Gasteiger charge is 2.22. The van der Waals surface area contributed by atoms with Crippen molar-refractivity contribution in [3.8, 4) is 0 Å². The molecule has 1 aromatic rings. The molecule has 0 spiro atoms. The number of carbonyl (C=O) groups excluding carboxylic acids is 1. The van der Waals surface area contributed by atoms with Crippen molar-refractivity contribution in [3.05, 3.63) is 29.8 Å². The van der Waals surface area contributed by atoms with Gasteiger partial charge in [-0.2, -0.15) is 8.42 Å². The minimum Gasteiger partial charge on any atom is -0.390 e. The number of rotatable bonds is 7. The Morgan fingerprint density at radius 1 is 1.20 bits per heavy atom. The number of Topliss-reactive ketones (excluding diaryl/α,β-unsaturated/α-hetero) is 1. The molecule has 0 aliphatic carbocycles.